The highest BCUT2D eigenvalue weighted by Gasteiger charge is 2.23. The van der Waals surface area contributed by atoms with E-state index in [1.165, 1.54) is 29.3 Å². The van der Waals surface area contributed by atoms with Crippen LogP contribution in [0.4, 0.5) is 0 Å². The number of benzene rings is 2. The lowest BCUT2D eigenvalue weighted by Gasteiger charge is -2.32. The van der Waals surface area contributed by atoms with E-state index in [1.54, 1.807) is 0 Å². The van der Waals surface area contributed by atoms with E-state index in [1.807, 2.05) is 31.2 Å². The van der Waals surface area contributed by atoms with E-state index in [9.17, 15) is 0 Å². The van der Waals surface area contributed by atoms with Gasteiger partial charge < -0.3 is 18.9 Å². The fourth-order valence-electron chi connectivity index (χ4n) is 5.08. The molecule has 4 aromatic rings. The van der Waals surface area contributed by atoms with Crippen molar-refractivity contribution < 1.29 is 9.47 Å². The summed E-state index contributed by atoms with van der Waals surface area (Å²) >= 11 is 0. The smallest absolute Gasteiger partial charge is 0.208 e. The van der Waals surface area contributed by atoms with Crippen LogP contribution < -0.4 is 4.74 Å². The van der Waals surface area contributed by atoms with Gasteiger partial charge in [0.2, 0.25) is 5.82 Å². The van der Waals surface area contributed by atoms with E-state index in [-0.39, 0.29) is 0 Å². The third kappa shape index (κ3) is 5.55. The van der Waals surface area contributed by atoms with Crippen molar-refractivity contribution >= 4 is 10.9 Å². The lowest BCUT2D eigenvalue weighted by Crippen LogP contribution is -2.34. The number of ether oxygens (including phenoxy) is 2. The molecule has 5 rings (SSSR count). The molecule has 1 N–H and O–H groups in total. The first-order chi connectivity index (χ1) is 17.3. The van der Waals surface area contributed by atoms with Crippen molar-refractivity contribution in [3.8, 4) is 17.1 Å². The van der Waals surface area contributed by atoms with E-state index >= 15 is 0 Å². The molecule has 1 fully saturated rings. The second kappa shape index (κ2) is 11.5. The van der Waals surface area contributed by atoms with Crippen LogP contribution in [0.1, 0.15) is 37.7 Å². The van der Waals surface area contributed by atoms with Crippen LogP contribution in [0.25, 0.3) is 22.3 Å². The van der Waals surface area contributed by atoms with E-state index in [0.29, 0.717) is 18.3 Å². The first-order valence-electron chi connectivity index (χ1n) is 12.7. The number of aromatic nitrogens is 5. The van der Waals surface area contributed by atoms with Crippen molar-refractivity contribution in [2.45, 2.75) is 38.6 Å². The second-order valence-electron chi connectivity index (χ2n) is 9.04. The van der Waals surface area contributed by atoms with Gasteiger partial charge in [0.15, 0.2) is 0 Å². The van der Waals surface area contributed by atoms with Gasteiger partial charge in [0.25, 0.3) is 0 Å². The molecule has 0 amide bonds. The summed E-state index contributed by atoms with van der Waals surface area (Å²) in [5, 5.41) is 15.7. The number of nitrogens with one attached hydrogen (secondary N) is 1. The molecule has 0 spiro atoms. The predicted molar refractivity (Wildman–Crippen MR) is 137 cm³/mol. The summed E-state index contributed by atoms with van der Waals surface area (Å²) in [6.07, 6.45) is 5.75. The summed E-state index contributed by atoms with van der Waals surface area (Å²) in [5.41, 5.74) is 3.68. The van der Waals surface area contributed by atoms with Crippen LogP contribution in [0, 0.1) is 0 Å². The molecule has 3 heterocycles. The number of rotatable bonds is 11. The molecule has 2 aromatic heterocycles. The number of para-hydroxylation sites is 2. The van der Waals surface area contributed by atoms with Crippen LogP contribution >= 0.6 is 0 Å². The first kappa shape index (κ1) is 23.5. The molecule has 0 atom stereocenters. The first-order valence-corrected chi connectivity index (χ1v) is 12.7. The fraction of sp³-hybridized carbons (Fsp3) is 0.444. The fourth-order valence-corrected chi connectivity index (χ4v) is 5.08. The number of nitrogens with zero attached hydrogens (tertiary/aromatic N) is 5. The number of fused-ring (bicyclic) bond motifs is 1. The Balaban J connectivity index is 1.12. The minimum Gasteiger partial charge on any atom is -0.493 e. The van der Waals surface area contributed by atoms with E-state index in [2.05, 4.69) is 60.6 Å². The number of hydrogen-bond donors (Lipinski definition) is 1. The van der Waals surface area contributed by atoms with Gasteiger partial charge in [-0.2, -0.15) is 5.21 Å². The summed E-state index contributed by atoms with van der Waals surface area (Å²) in [4.78, 5) is 2.57. The highest BCUT2D eigenvalue weighted by molar-refractivity contribution is 5.84. The summed E-state index contributed by atoms with van der Waals surface area (Å²) in [5.74, 6) is 1.97. The average Bonchev–Trinajstić information content (AvgIpc) is 3.57. The van der Waals surface area contributed by atoms with Crippen molar-refractivity contribution in [2.24, 2.45) is 0 Å². The van der Waals surface area contributed by atoms with Gasteiger partial charge in [-0.15, -0.1) is 10.2 Å². The minimum atomic E-state index is 0.557. The number of piperidine rings is 1. The second-order valence-corrected chi connectivity index (χ2v) is 9.04. The third-order valence-corrected chi connectivity index (χ3v) is 6.88. The molecule has 184 valence electrons. The van der Waals surface area contributed by atoms with Crippen LogP contribution in [-0.4, -0.2) is 69.5 Å². The zero-order valence-electron chi connectivity index (χ0n) is 20.4. The van der Waals surface area contributed by atoms with Crippen molar-refractivity contribution in [1.82, 2.24) is 30.1 Å². The molecule has 0 bridgehead atoms. The van der Waals surface area contributed by atoms with Crippen LogP contribution in [0.2, 0.25) is 0 Å². The molecule has 0 unspecified atom stereocenters. The summed E-state index contributed by atoms with van der Waals surface area (Å²) in [6, 6.07) is 16.6. The molecule has 1 saturated heterocycles. The van der Waals surface area contributed by atoms with Gasteiger partial charge in [-0.3, -0.25) is 0 Å². The molecular formula is C27H34N6O2. The molecule has 35 heavy (non-hydrogen) atoms. The van der Waals surface area contributed by atoms with E-state index in [4.69, 9.17) is 9.47 Å². The molecule has 0 saturated carbocycles. The van der Waals surface area contributed by atoms with Gasteiger partial charge >= 0.3 is 0 Å². The number of hydrogen-bond acceptors (Lipinski definition) is 6. The Kier molecular flexibility index (Phi) is 7.70. The Hall–Kier alpha value is -3.23. The summed E-state index contributed by atoms with van der Waals surface area (Å²) in [6.45, 7) is 8.45. The molecule has 0 radical (unpaired) electrons. The predicted octanol–water partition coefficient (Wildman–Crippen LogP) is 4.51. The molecule has 1 aliphatic heterocycles. The molecule has 1 aliphatic rings. The van der Waals surface area contributed by atoms with Crippen molar-refractivity contribution in [2.75, 3.05) is 39.5 Å². The molecule has 0 aliphatic carbocycles. The molecular weight excluding hydrogens is 440 g/mol. The van der Waals surface area contributed by atoms with E-state index in [0.717, 1.165) is 57.1 Å². The third-order valence-electron chi connectivity index (χ3n) is 6.88. The van der Waals surface area contributed by atoms with Gasteiger partial charge in [-0.25, -0.2) is 0 Å². The molecule has 2 aromatic carbocycles. The zero-order valence-corrected chi connectivity index (χ0v) is 20.4. The normalized spacial score (nSPS) is 15.1. The van der Waals surface area contributed by atoms with Crippen LogP contribution in [0.5, 0.6) is 5.75 Å². The Bertz CT molecular complexity index is 1200. The summed E-state index contributed by atoms with van der Waals surface area (Å²) in [7, 11) is 0. The van der Waals surface area contributed by atoms with E-state index < -0.39 is 0 Å². The zero-order chi connectivity index (χ0) is 23.9. The number of H-pyrrole nitrogens is 1. The van der Waals surface area contributed by atoms with Gasteiger partial charge in [-0.1, -0.05) is 30.3 Å². The quantitative estimate of drug-likeness (QED) is 0.322. The standard InChI is InChI=1S/C27H34N6O2/c1-2-34-19-17-33-20-24(22-8-3-5-10-25(22)33)21-12-15-32(16-13-21)14-7-18-35-26-11-6-4-9-23(26)27-28-30-31-29-27/h3-6,8-11,20-21H,2,7,12-19H2,1H3,(H,28,29,30,31). The number of likely N-dealkylation sites (tertiary alicyclic amines) is 1. The van der Waals surface area contributed by atoms with Gasteiger partial charge in [0.1, 0.15) is 5.75 Å². The lowest BCUT2D eigenvalue weighted by molar-refractivity contribution is 0.140. The Morgan fingerprint density at radius 3 is 2.66 bits per heavy atom. The Morgan fingerprint density at radius 2 is 1.83 bits per heavy atom. The molecule has 8 heteroatoms. The van der Waals surface area contributed by atoms with Crippen LogP contribution in [-0.2, 0) is 11.3 Å². The number of aromatic amines is 1. The maximum Gasteiger partial charge on any atom is 0.208 e. The Labute approximate surface area is 206 Å². The lowest BCUT2D eigenvalue weighted by atomic mass is 9.89. The van der Waals surface area contributed by atoms with Gasteiger partial charge in [0.05, 0.1) is 18.8 Å². The minimum absolute atomic E-state index is 0.557. The maximum absolute atomic E-state index is 6.07. The topological polar surface area (TPSA) is 81.1 Å². The largest absolute Gasteiger partial charge is 0.493 e. The van der Waals surface area contributed by atoms with Crippen LogP contribution in [0.3, 0.4) is 0 Å². The number of tetrazole rings is 1. The molecule has 8 nitrogen and oxygen atoms in total. The average molecular weight is 475 g/mol. The maximum atomic E-state index is 6.07. The summed E-state index contributed by atoms with van der Waals surface area (Å²) < 4.78 is 14.1. The van der Waals surface area contributed by atoms with Crippen LogP contribution in [0.15, 0.2) is 54.7 Å². The Morgan fingerprint density at radius 1 is 1.00 bits per heavy atom. The SMILES string of the molecule is CCOCCn1cc(C2CCN(CCCOc3ccccc3-c3nn[nH]n3)CC2)c2ccccc21. The highest BCUT2D eigenvalue weighted by Crippen LogP contribution is 2.34. The van der Waals surface area contributed by atoms with Crippen molar-refractivity contribution in [3.63, 3.8) is 0 Å². The van der Waals surface area contributed by atoms with Gasteiger partial charge in [0, 0.05) is 36.8 Å². The highest BCUT2D eigenvalue weighted by atomic mass is 16.5. The van der Waals surface area contributed by atoms with Gasteiger partial charge in [-0.05, 0) is 74.2 Å². The van der Waals surface area contributed by atoms with Crippen molar-refractivity contribution in [3.05, 3.63) is 60.3 Å². The van der Waals surface area contributed by atoms with Crippen molar-refractivity contribution in [1.29, 1.82) is 0 Å². The monoisotopic (exact) mass is 474 g/mol.